The third-order valence-electron chi connectivity index (χ3n) is 4.44. The molecule has 0 saturated heterocycles. The first kappa shape index (κ1) is 19.1. The van der Waals surface area contributed by atoms with Crippen LogP contribution in [0.3, 0.4) is 0 Å². The van der Waals surface area contributed by atoms with Gasteiger partial charge >= 0.3 is 6.16 Å². The molecule has 1 aliphatic carbocycles. The monoisotopic (exact) mass is 368 g/mol. The Hall–Kier alpha value is -2.63. The molecule has 0 N–H and O–H groups in total. The zero-order valence-electron chi connectivity index (χ0n) is 15.3. The number of ether oxygens (including phenoxy) is 4. The van der Waals surface area contributed by atoms with Crippen LogP contribution in [-0.4, -0.2) is 32.1 Å². The van der Waals surface area contributed by atoms with Crippen molar-refractivity contribution in [1.82, 2.24) is 0 Å². The third-order valence-corrected chi connectivity index (χ3v) is 4.44. The summed E-state index contributed by atoms with van der Waals surface area (Å²) in [5.74, 6) is -0.128. The van der Waals surface area contributed by atoms with Gasteiger partial charge in [0.2, 0.25) is 0 Å². The topological polar surface area (TPSA) is 54.0 Å². The Morgan fingerprint density at radius 3 is 2.07 bits per heavy atom. The van der Waals surface area contributed by atoms with Crippen LogP contribution >= 0.6 is 0 Å². The first-order chi connectivity index (χ1) is 13.3. The standard InChI is InChI=1S/C22H24O5/c1-24-22(23)27-21-13-12-20(26-15-18-10-6-3-7-11-18)19(21)16-25-14-17-8-4-2-5-9-17/h2-13,19-21H,14-16H2,1H3. The van der Waals surface area contributed by atoms with Crippen molar-refractivity contribution >= 4 is 6.16 Å². The average molecular weight is 368 g/mol. The van der Waals surface area contributed by atoms with Crippen LogP contribution in [0.5, 0.6) is 0 Å². The van der Waals surface area contributed by atoms with E-state index in [2.05, 4.69) is 4.74 Å². The Morgan fingerprint density at radius 2 is 1.44 bits per heavy atom. The van der Waals surface area contributed by atoms with E-state index < -0.39 is 12.3 Å². The normalized spacial score (nSPS) is 21.1. The van der Waals surface area contributed by atoms with E-state index in [1.807, 2.05) is 72.8 Å². The Bertz CT molecular complexity index is 729. The molecule has 0 aromatic heterocycles. The van der Waals surface area contributed by atoms with Gasteiger partial charge in [-0.3, -0.25) is 0 Å². The Kier molecular flexibility index (Phi) is 7.02. The molecule has 2 aromatic rings. The van der Waals surface area contributed by atoms with E-state index >= 15 is 0 Å². The van der Waals surface area contributed by atoms with E-state index in [-0.39, 0.29) is 12.0 Å². The van der Waals surface area contributed by atoms with Gasteiger partial charge < -0.3 is 18.9 Å². The summed E-state index contributed by atoms with van der Waals surface area (Å²) < 4.78 is 21.9. The molecule has 0 spiro atoms. The van der Waals surface area contributed by atoms with E-state index in [1.54, 1.807) is 0 Å². The Balaban J connectivity index is 1.58. The van der Waals surface area contributed by atoms with Gasteiger partial charge in [-0.25, -0.2) is 4.79 Å². The highest BCUT2D eigenvalue weighted by Gasteiger charge is 2.35. The summed E-state index contributed by atoms with van der Waals surface area (Å²) >= 11 is 0. The highest BCUT2D eigenvalue weighted by atomic mass is 16.7. The summed E-state index contributed by atoms with van der Waals surface area (Å²) in [4.78, 5) is 11.5. The van der Waals surface area contributed by atoms with Gasteiger partial charge in [-0.1, -0.05) is 66.7 Å². The molecule has 27 heavy (non-hydrogen) atoms. The van der Waals surface area contributed by atoms with Crippen LogP contribution in [0.1, 0.15) is 11.1 Å². The fourth-order valence-electron chi connectivity index (χ4n) is 3.00. The molecule has 0 fully saturated rings. The zero-order valence-corrected chi connectivity index (χ0v) is 15.3. The first-order valence-electron chi connectivity index (χ1n) is 8.96. The molecular formula is C22H24O5. The van der Waals surface area contributed by atoms with Gasteiger partial charge in [0.25, 0.3) is 0 Å². The lowest BCUT2D eigenvalue weighted by atomic mass is 10.0. The molecule has 0 amide bonds. The van der Waals surface area contributed by atoms with Crippen molar-refractivity contribution in [2.24, 2.45) is 5.92 Å². The van der Waals surface area contributed by atoms with Crippen molar-refractivity contribution in [3.8, 4) is 0 Å². The molecular weight excluding hydrogens is 344 g/mol. The van der Waals surface area contributed by atoms with Crippen LogP contribution in [0.15, 0.2) is 72.8 Å². The van der Waals surface area contributed by atoms with Gasteiger partial charge in [0, 0.05) is 0 Å². The van der Waals surface area contributed by atoms with Crippen molar-refractivity contribution in [2.75, 3.05) is 13.7 Å². The van der Waals surface area contributed by atoms with Crippen LogP contribution in [0.2, 0.25) is 0 Å². The maximum Gasteiger partial charge on any atom is 0.508 e. The minimum Gasteiger partial charge on any atom is -0.438 e. The molecule has 5 heteroatoms. The lowest BCUT2D eigenvalue weighted by molar-refractivity contribution is -0.0488. The number of hydrogen-bond acceptors (Lipinski definition) is 5. The fourth-order valence-corrected chi connectivity index (χ4v) is 3.00. The summed E-state index contributed by atoms with van der Waals surface area (Å²) in [6, 6.07) is 19.9. The van der Waals surface area contributed by atoms with Crippen molar-refractivity contribution in [1.29, 1.82) is 0 Å². The largest absolute Gasteiger partial charge is 0.508 e. The molecule has 0 saturated carbocycles. The number of carbonyl (C=O) groups excluding carboxylic acids is 1. The molecule has 0 bridgehead atoms. The van der Waals surface area contributed by atoms with Gasteiger partial charge in [-0.2, -0.15) is 0 Å². The van der Waals surface area contributed by atoms with Gasteiger partial charge in [-0.05, 0) is 17.2 Å². The van der Waals surface area contributed by atoms with Gasteiger partial charge in [0.1, 0.15) is 6.10 Å². The zero-order chi connectivity index (χ0) is 18.9. The minimum absolute atomic E-state index is 0.128. The van der Waals surface area contributed by atoms with Crippen LogP contribution < -0.4 is 0 Å². The number of benzene rings is 2. The number of methoxy groups -OCH3 is 1. The summed E-state index contributed by atoms with van der Waals surface area (Å²) in [6.07, 6.45) is 2.42. The van der Waals surface area contributed by atoms with Gasteiger partial charge in [0.05, 0.1) is 39.0 Å². The summed E-state index contributed by atoms with van der Waals surface area (Å²) in [6.45, 7) is 1.38. The number of carbonyl (C=O) groups is 1. The second kappa shape index (κ2) is 9.90. The summed E-state index contributed by atoms with van der Waals surface area (Å²) in [5.41, 5.74) is 2.18. The Labute approximate surface area is 159 Å². The fraction of sp³-hybridized carbons (Fsp3) is 0.318. The molecule has 1 aliphatic rings. The number of hydrogen-bond donors (Lipinski definition) is 0. The third kappa shape index (κ3) is 5.67. The molecule has 142 valence electrons. The maximum absolute atomic E-state index is 11.5. The lowest BCUT2D eigenvalue weighted by Crippen LogP contribution is -2.33. The van der Waals surface area contributed by atoms with Gasteiger partial charge in [-0.15, -0.1) is 0 Å². The molecule has 3 rings (SSSR count). The minimum atomic E-state index is -0.707. The molecule has 0 heterocycles. The number of rotatable bonds is 8. The van der Waals surface area contributed by atoms with Crippen molar-refractivity contribution < 1.29 is 23.7 Å². The van der Waals surface area contributed by atoms with Crippen LogP contribution in [0.4, 0.5) is 4.79 Å². The van der Waals surface area contributed by atoms with E-state index in [0.29, 0.717) is 19.8 Å². The predicted octanol–water partition coefficient (Wildman–Crippen LogP) is 4.13. The van der Waals surface area contributed by atoms with Crippen LogP contribution in [0, 0.1) is 5.92 Å². The highest BCUT2D eigenvalue weighted by molar-refractivity contribution is 5.60. The SMILES string of the molecule is COC(=O)OC1C=CC(OCc2ccccc2)C1COCc1ccccc1. The van der Waals surface area contributed by atoms with Crippen LogP contribution in [-0.2, 0) is 32.2 Å². The van der Waals surface area contributed by atoms with E-state index in [1.165, 1.54) is 7.11 Å². The van der Waals surface area contributed by atoms with E-state index in [9.17, 15) is 4.79 Å². The maximum atomic E-state index is 11.5. The van der Waals surface area contributed by atoms with E-state index in [0.717, 1.165) is 11.1 Å². The summed E-state index contributed by atoms with van der Waals surface area (Å²) in [5, 5.41) is 0. The van der Waals surface area contributed by atoms with Crippen molar-refractivity contribution in [2.45, 2.75) is 25.4 Å². The van der Waals surface area contributed by atoms with Gasteiger partial charge in [0.15, 0.2) is 0 Å². The lowest BCUT2D eigenvalue weighted by Gasteiger charge is -2.25. The molecule has 5 nitrogen and oxygen atoms in total. The highest BCUT2D eigenvalue weighted by Crippen LogP contribution is 2.27. The van der Waals surface area contributed by atoms with Crippen molar-refractivity contribution in [3.05, 3.63) is 83.9 Å². The molecule has 3 atom stereocenters. The summed E-state index contributed by atoms with van der Waals surface area (Å²) in [7, 11) is 1.30. The molecule has 0 radical (unpaired) electrons. The predicted molar refractivity (Wildman–Crippen MR) is 101 cm³/mol. The van der Waals surface area contributed by atoms with Crippen LogP contribution in [0.25, 0.3) is 0 Å². The second-order valence-corrected chi connectivity index (χ2v) is 6.35. The molecule has 3 unspecified atom stereocenters. The average Bonchev–Trinajstić information content (AvgIpc) is 3.09. The van der Waals surface area contributed by atoms with Crippen molar-refractivity contribution in [3.63, 3.8) is 0 Å². The first-order valence-corrected chi connectivity index (χ1v) is 8.96. The second-order valence-electron chi connectivity index (χ2n) is 6.35. The molecule has 2 aromatic carbocycles. The van der Waals surface area contributed by atoms with E-state index in [4.69, 9.17) is 14.2 Å². The Morgan fingerprint density at radius 1 is 0.852 bits per heavy atom. The molecule has 0 aliphatic heterocycles. The quantitative estimate of drug-likeness (QED) is 0.518. The smallest absolute Gasteiger partial charge is 0.438 e.